The number of nitrogens with zero attached hydrogens (tertiary/aromatic N) is 1. The van der Waals surface area contributed by atoms with Crippen LogP contribution in [0.2, 0.25) is 0 Å². The van der Waals surface area contributed by atoms with E-state index in [0.29, 0.717) is 24.1 Å². The Morgan fingerprint density at radius 3 is 2.30 bits per heavy atom. The molecule has 10 heteroatoms. The van der Waals surface area contributed by atoms with E-state index >= 15 is 0 Å². The minimum atomic E-state index is -0.808. The van der Waals surface area contributed by atoms with Crippen LogP contribution in [-0.2, 0) is 19.1 Å². The van der Waals surface area contributed by atoms with Crippen molar-refractivity contribution < 1.29 is 28.7 Å². The lowest BCUT2D eigenvalue weighted by molar-refractivity contribution is -0.125. The van der Waals surface area contributed by atoms with Gasteiger partial charge in [0.05, 0.1) is 23.1 Å². The number of esters is 1. The van der Waals surface area contributed by atoms with Gasteiger partial charge in [0, 0.05) is 10.0 Å². The number of amides is 4. The monoisotopic (exact) mass is 603 g/mol. The lowest BCUT2D eigenvalue weighted by atomic mass is 9.73. The van der Waals surface area contributed by atoms with E-state index in [9.17, 15) is 24.0 Å². The SMILES string of the molecule is O=C(COC(=O)c1cccc(N2C(=O)[C@H]3C[C@H](c4ccccc4)CC[C@H]3C2=O)c1)NNC(=O)c1ccc(Br)cc1. The average molecular weight is 604 g/mol. The molecule has 1 saturated heterocycles. The number of hydrazine groups is 1. The lowest BCUT2D eigenvalue weighted by Gasteiger charge is -2.28. The zero-order valence-electron chi connectivity index (χ0n) is 21.3. The molecule has 0 radical (unpaired) electrons. The van der Waals surface area contributed by atoms with Crippen molar-refractivity contribution in [1.82, 2.24) is 10.9 Å². The lowest BCUT2D eigenvalue weighted by Crippen LogP contribution is -2.43. The van der Waals surface area contributed by atoms with Crippen LogP contribution in [0.25, 0.3) is 0 Å². The van der Waals surface area contributed by atoms with Gasteiger partial charge in [-0.1, -0.05) is 52.3 Å². The Bertz CT molecular complexity index is 1460. The molecule has 2 N–H and O–H groups in total. The fourth-order valence-electron chi connectivity index (χ4n) is 5.28. The van der Waals surface area contributed by atoms with Crippen LogP contribution in [0.15, 0.2) is 83.3 Å². The third kappa shape index (κ3) is 5.81. The van der Waals surface area contributed by atoms with Crippen molar-refractivity contribution >= 4 is 51.2 Å². The van der Waals surface area contributed by atoms with Crippen LogP contribution in [0.5, 0.6) is 0 Å². The van der Waals surface area contributed by atoms with Crippen LogP contribution in [0.3, 0.4) is 0 Å². The van der Waals surface area contributed by atoms with E-state index in [-0.39, 0.29) is 29.2 Å². The van der Waals surface area contributed by atoms with E-state index in [4.69, 9.17) is 4.74 Å². The normalized spacial score (nSPS) is 20.0. The zero-order valence-corrected chi connectivity index (χ0v) is 22.9. The number of carbonyl (C=O) groups excluding carboxylic acids is 5. The maximum Gasteiger partial charge on any atom is 0.338 e. The van der Waals surface area contributed by atoms with E-state index in [1.54, 1.807) is 36.4 Å². The number of ether oxygens (including phenoxy) is 1. The molecule has 40 heavy (non-hydrogen) atoms. The summed E-state index contributed by atoms with van der Waals surface area (Å²) in [4.78, 5) is 64.6. The molecule has 1 aliphatic heterocycles. The number of fused-ring (bicyclic) bond motifs is 1. The van der Waals surface area contributed by atoms with Crippen molar-refractivity contribution in [2.24, 2.45) is 11.8 Å². The molecule has 1 aliphatic carbocycles. The molecule has 1 saturated carbocycles. The molecule has 5 rings (SSSR count). The van der Waals surface area contributed by atoms with Crippen molar-refractivity contribution in [3.8, 4) is 0 Å². The Hall–Kier alpha value is -4.31. The second kappa shape index (κ2) is 11.8. The predicted octanol–water partition coefficient (Wildman–Crippen LogP) is 4.14. The van der Waals surface area contributed by atoms with Gasteiger partial charge in [-0.25, -0.2) is 4.79 Å². The summed E-state index contributed by atoms with van der Waals surface area (Å²) < 4.78 is 5.88. The van der Waals surface area contributed by atoms with Gasteiger partial charge in [0.25, 0.3) is 11.8 Å². The van der Waals surface area contributed by atoms with Crippen LogP contribution in [0.4, 0.5) is 5.69 Å². The first-order valence-electron chi connectivity index (χ1n) is 12.9. The number of hydrogen-bond acceptors (Lipinski definition) is 6. The fourth-order valence-corrected chi connectivity index (χ4v) is 5.55. The molecule has 3 aromatic rings. The molecule has 0 spiro atoms. The molecule has 2 fully saturated rings. The molecular weight excluding hydrogens is 578 g/mol. The number of benzene rings is 3. The quantitative estimate of drug-likeness (QED) is 0.248. The number of halogens is 1. The molecular formula is C30H26BrN3O6. The van der Waals surface area contributed by atoms with Gasteiger partial charge in [-0.05, 0) is 73.2 Å². The Balaban J connectivity index is 1.18. The summed E-state index contributed by atoms with van der Waals surface area (Å²) in [5, 5.41) is 0. The van der Waals surface area contributed by atoms with Gasteiger partial charge < -0.3 is 4.74 Å². The third-order valence-electron chi connectivity index (χ3n) is 7.29. The Morgan fingerprint density at radius 1 is 0.825 bits per heavy atom. The van der Waals surface area contributed by atoms with Gasteiger partial charge in [-0.2, -0.15) is 0 Å². The summed E-state index contributed by atoms with van der Waals surface area (Å²) in [6, 6.07) is 22.6. The number of nitrogens with one attached hydrogen (secondary N) is 2. The maximum absolute atomic E-state index is 13.4. The van der Waals surface area contributed by atoms with Crippen molar-refractivity contribution in [1.29, 1.82) is 0 Å². The van der Waals surface area contributed by atoms with Crippen LogP contribution in [-0.4, -0.2) is 36.2 Å². The summed E-state index contributed by atoms with van der Waals surface area (Å²) in [5.74, 6) is -3.16. The first kappa shape index (κ1) is 27.3. The van der Waals surface area contributed by atoms with Gasteiger partial charge in [0.1, 0.15) is 0 Å². The summed E-state index contributed by atoms with van der Waals surface area (Å²) in [6.45, 7) is -0.643. The molecule has 0 unspecified atom stereocenters. The van der Waals surface area contributed by atoms with Gasteiger partial charge >= 0.3 is 5.97 Å². The zero-order chi connectivity index (χ0) is 28.2. The van der Waals surface area contributed by atoms with Gasteiger partial charge in [-0.3, -0.25) is 34.9 Å². The molecule has 204 valence electrons. The van der Waals surface area contributed by atoms with E-state index in [0.717, 1.165) is 10.9 Å². The molecule has 3 atom stereocenters. The first-order chi connectivity index (χ1) is 19.3. The van der Waals surface area contributed by atoms with Crippen molar-refractivity contribution in [2.45, 2.75) is 25.2 Å². The molecule has 1 heterocycles. The van der Waals surface area contributed by atoms with Gasteiger partial charge in [0.15, 0.2) is 6.61 Å². The smallest absolute Gasteiger partial charge is 0.338 e. The fraction of sp³-hybridized carbons (Fsp3) is 0.233. The Morgan fingerprint density at radius 2 is 1.55 bits per heavy atom. The van der Waals surface area contributed by atoms with Crippen LogP contribution >= 0.6 is 15.9 Å². The highest BCUT2D eigenvalue weighted by molar-refractivity contribution is 9.10. The minimum absolute atomic E-state index is 0.0850. The van der Waals surface area contributed by atoms with Crippen molar-refractivity contribution in [2.75, 3.05) is 11.5 Å². The minimum Gasteiger partial charge on any atom is -0.452 e. The van der Waals surface area contributed by atoms with E-state index in [1.807, 2.05) is 18.2 Å². The van der Waals surface area contributed by atoms with E-state index < -0.39 is 30.3 Å². The highest BCUT2D eigenvalue weighted by Gasteiger charge is 2.50. The Kier molecular flexibility index (Phi) is 8.06. The van der Waals surface area contributed by atoms with Crippen LogP contribution in [0, 0.1) is 11.8 Å². The standard InChI is InChI=1S/C30H26BrN3O6/c31-22-12-9-19(10-13-22)27(36)33-32-26(35)17-40-30(39)21-7-4-8-23(15-21)34-28(37)24-14-11-20(16-25(24)29(34)38)18-5-2-1-3-6-18/h1-10,12-13,15,20,24-25H,11,14,16-17H2,(H,32,35)(H,33,36)/t20-,24-,25+/m1/s1. The van der Waals surface area contributed by atoms with E-state index in [2.05, 4.69) is 38.9 Å². The highest BCUT2D eigenvalue weighted by Crippen LogP contribution is 2.45. The molecule has 4 amide bonds. The summed E-state index contributed by atoms with van der Waals surface area (Å²) in [5.41, 5.74) is 6.32. The average Bonchev–Trinajstić information content (AvgIpc) is 3.24. The number of carbonyl (C=O) groups is 5. The topological polar surface area (TPSA) is 122 Å². The first-order valence-corrected chi connectivity index (χ1v) is 13.7. The second-order valence-electron chi connectivity index (χ2n) is 9.78. The highest BCUT2D eigenvalue weighted by atomic mass is 79.9. The summed E-state index contributed by atoms with van der Waals surface area (Å²) in [7, 11) is 0. The summed E-state index contributed by atoms with van der Waals surface area (Å²) >= 11 is 3.28. The second-order valence-corrected chi connectivity index (χ2v) is 10.7. The Labute approximate surface area is 239 Å². The van der Waals surface area contributed by atoms with Gasteiger partial charge in [0.2, 0.25) is 11.8 Å². The number of hydrogen-bond donors (Lipinski definition) is 2. The number of rotatable bonds is 6. The van der Waals surface area contributed by atoms with Crippen LogP contribution in [0.1, 0.15) is 51.5 Å². The maximum atomic E-state index is 13.4. The predicted molar refractivity (Wildman–Crippen MR) is 149 cm³/mol. The van der Waals surface area contributed by atoms with Crippen molar-refractivity contribution in [3.63, 3.8) is 0 Å². The number of imide groups is 1. The molecule has 9 nitrogen and oxygen atoms in total. The summed E-state index contributed by atoms with van der Waals surface area (Å²) in [6.07, 6.45) is 2.06. The molecule has 0 aromatic heterocycles. The largest absolute Gasteiger partial charge is 0.452 e. The van der Waals surface area contributed by atoms with Gasteiger partial charge in [-0.15, -0.1) is 0 Å². The molecule has 3 aromatic carbocycles. The molecule has 2 aliphatic rings. The van der Waals surface area contributed by atoms with E-state index in [1.165, 1.54) is 22.6 Å². The van der Waals surface area contributed by atoms with Crippen LogP contribution < -0.4 is 15.8 Å². The number of anilines is 1. The van der Waals surface area contributed by atoms with Crippen molar-refractivity contribution in [3.05, 3.63) is 100 Å². The third-order valence-corrected chi connectivity index (χ3v) is 7.82. The molecule has 0 bridgehead atoms.